The van der Waals surface area contributed by atoms with E-state index < -0.39 is 0 Å². The van der Waals surface area contributed by atoms with E-state index in [9.17, 15) is 4.79 Å². The van der Waals surface area contributed by atoms with Gasteiger partial charge < -0.3 is 19.2 Å². The molecular weight excluding hydrogens is 404 g/mol. The van der Waals surface area contributed by atoms with Crippen molar-refractivity contribution >= 4 is 22.7 Å². The Balaban J connectivity index is 1.45. The molecule has 0 aliphatic carbocycles. The number of amides is 1. The van der Waals surface area contributed by atoms with E-state index in [1.165, 1.54) is 5.56 Å². The maximum absolute atomic E-state index is 12.5. The average molecular weight is 431 g/mol. The number of aromatic nitrogens is 1. The van der Waals surface area contributed by atoms with E-state index in [2.05, 4.69) is 24.1 Å². The van der Waals surface area contributed by atoms with Crippen molar-refractivity contribution in [2.45, 2.75) is 26.2 Å². The van der Waals surface area contributed by atoms with Crippen LogP contribution in [-0.2, 0) is 4.79 Å². The molecule has 0 saturated heterocycles. The summed E-state index contributed by atoms with van der Waals surface area (Å²) < 4.78 is 16.9. The third-order valence-corrected chi connectivity index (χ3v) is 5.45. The van der Waals surface area contributed by atoms with Crippen LogP contribution in [0.1, 0.15) is 31.7 Å². The van der Waals surface area contributed by atoms with Gasteiger partial charge in [0.1, 0.15) is 17.0 Å². The fourth-order valence-electron chi connectivity index (χ4n) is 3.40. The number of methoxy groups -OCH3 is 1. The van der Waals surface area contributed by atoms with Gasteiger partial charge in [0.25, 0.3) is 5.91 Å². The highest BCUT2D eigenvalue weighted by Crippen LogP contribution is 2.32. The molecule has 1 N–H and O–H groups in total. The second-order valence-electron chi connectivity index (χ2n) is 7.62. The third kappa shape index (κ3) is 4.75. The molecule has 3 aromatic carbocycles. The Kier molecular flexibility index (Phi) is 6.40. The molecule has 0 saturated carbocycles. The Morgan fingerprint density at radius 1 is 1.09 bits per heavy atom. The van der Waals surface area contributed by atoms with Crippen LogP contribution in [0.5, 0.6) is 11.5 Å². The van der Waals surface area contributed by atoms with Crippen LogP contribution in [-0.4, -0.2) is 24.6 Å². The number of anilines is 1. The highest BCUT2D eigenvalue weighted by Gasteiger charge is 2.14. The number of oxazole rings is 1. The molecule has 1 unspecified atom stereocenters. The molecule has 0 fully saturated rings. The van der Waals surface area contributed by atoms with Crippen LogP contribution < -0.4 is 14.8 Å². The van der Waals surface area contributed by atoms with Gasteiger partial charge in [-0.2, -0.15) is 0 Å². The second kappa shape index (κ2) is 9.56. The van der Waals surface area contributed by atoms with Crippen molar-refractivity contribution in [2.24, 2.45) is 0 Å². The van der Waals surface area contributed by atoms with Gasteiger partial charge in [-0.05, 0) is 60.4 Å². The lowest BCUT2D eigenvalue weighted by Gasteiger charge is -2.13. The Hall–Kier alpha value is -3.80. The molecule has 6 heteroatoms. The van der Waals surface area contributed by atoms with Gasteiger partial charge in [-0.25, -0.2) is 4.98 Å². The molecule has 32 heavy (non-hydrogen) atoms. The molecule has 0 spiro atoms. The zero-order chi connectivity index (χ0) is 22.5. The Labute approximate surface area is 187 Å². The smallest absolute Gasteiger partial charge is 0.262 e. The minimum atomic E-state index is -0.288. The van der Waals surface area contributed by atoms with Crippen LogP contribution >= 0.6 is 0 Å². The van der Waals surface area contributed by atoms with Gasteiger partial charge in [0.15, 0.2) is 12.2 Å². The molecule has 0 aliphatic rings. The molecule has 0 bridgehead atoms. The molecule has 1 amide bonds. The predicted octanol–water partition coefficient (Wildman–Crippen LogP) is 6.03. The Morgan fingerprint density at radius 2 is 1.88 bits per heavy atom. The summed E-state index contributed by atoms with van der Waals surface area (Å²) in [6, 6.07) is 20.8. The summed E-state index contributed by atoms with van der Waals surface area (Å²) >= 11 is 0. The molecule has 1 aromatic heterocycles. The molecular formula is C26H26N2O4. The van der Waals surface area contributed by atoms with Crippen LogP contribution in [0.3, 0.4) is 0 Å². The number of hydrogen-bond acceptors (Lipinski definition) is 5. The van der Waals surface area contributed by atoms with E-state index in [0.29, 0.717) is 34.6 Å². The molecule has 1 heterocycles. The van der Waals surface area contributed by atoms with Crippen molar-refractivity contribution in [1.82, 2.24) is 4.98 Å². The van der Waals surface area contributed by atoms with Crippen LogP contribution in [0.4, 0.5) is 5.69 Å². The first-order valence-corrected chi connectivity index (χ1v) is 10.6. The maximum Gasteiger partial charge on any atom is 0.262 e. The highest BCUT2D eigenvalue weighted by molar-refractivity contribution is 5.94. The molecule has 0 radical (unpaired) electrons. The fraction of sp³-hybridized carbons (Fsp3) is 0.231. The second-order valence-corrected chi connectivity index (χ2v) is 7.62. The van der Waals surface area contributed by atoms with Crippen molar-refractivity contribution in [2.75, 3.05) is 19.0 Å². The molecule has 0 aliphatic heterocycles. The normalized spacial score (nSPS) is 11.8. The van der Waals surface area contributed by atoms with Gasteiger partial charge in [0.05, 0.1) is 12.8 Å². The summed E-state index contributed by atoms with van der Waals surface area (Å²) in [5.41, 5.74) is 3.99. The minimum absolute atomic E-state index is 0.112. The van der Waals surface area contributed by atoms with E-state index >= 15 is 0 Å². The van der Waals surface area contributed by atoms with Gasteiger partial charge in [-0.3, -0.25) is 4.79 Å². The molecule has 1 atom stereocenters. The van der Waals surface area contributed by atoms with E-state index in [-0.39, 0.29) is 12.5 Å². The SMILES string of the molecule is CCC(C)c1ccc(OCC(=O)Nc2cc(-c3nc4ccccc4o3)ccc2OC)cc1. The summed E-state index contributed by atoms with van der Waals surface area (Å²) in [4.78, 5) is 17.0. The molecule has 164 valence electrons. The predicted molar refractivity (Wildman–Crippen MR) is 125 cm³/mol. The number of benzene rings is 3. The zero-order valence-electron chi connectivity index (χ0n) is 18.4. The van der Waals surface area contributed by atoms with Gasteiger partial charge in [-0.15, -0.1) is 0 Å². The minimum Gasteiger partial charge on any atom is -0.495 e. The van der Waals surface area contributed by atoms with Crippen molar-refractivity contribution in [1.29, 1.82) is 0 Å². The topological polar surface area (TPSA) is 73.6 Å². The number of rotatable bonds is 8. The largest absolute Gasteiger partial charge is 0.495 e. The summed E-state index contributed by atoms with van der Waals surface area (Å²) in [7, 11) is 1.56. The highest BCUT2D eigenvalue weighted by atomic mass is 16.5. The Bertz CT molecular complexity index is 1180. The first-order chi connectivity index (χ1) is 15.6. The number of fused-ring (bicyclic) bond motifs is 1. The number of hydrogen-bond donors (Lipinski definition) is 1. The molecule has 6 nitrogen and oxygen atoms in total. The number of nitrogens with zero attached hydrogens (tertiary/aromatic N) is 1. The summed E-state index contributed by atoms with van der Waals surface area (Å²) in [5.74, 6) is 1.87. The lowest BCUT2D eigenvalue weighted by Crippen LogP contribution is -2.20. The fourth-order valence-corrected chi connectivity index (χ4v) is 3.40. The maximum atomic E-state index is 12.5. The van der Waals surface area contributed by atoms with Crippen molar-refractivity contribution < 1.29 is 18.7 Å². The van der Waals surface area contributed by atoms with E-state index in [1.807, 2.05) is 54.6 Å². The number of ether oxygens (including phenoxy) is 2. The molecule has 4 aromatic rings. The number of carbonyl (C=O) groups excluding carboxylic acids is 1. The lowest BCUT2D eigenvalue weighted by atomic mass is 9.99. The van der Waals surface area contributed by atoms with E-state index in [0.717, 1.165) is 17.5 Å². The van der Waals surface area contributed by atoms with Gasteiger partial charge in [0, 0.05) is 5.56 Å². The van der Waals surface area contributed by atoms with Crippen LogP contribution in [0.2, 0.25) is 0 Å². The Morgan fingerprint density at radius 3 is 2.59 bits per heavy atom. The quantitative estimate of drug-likeness (QED) is 0.369. The molecule has 4 rings (SSSR count). The standard InChI is InChI=1S/C26H26N2O4/c1-4-17(2)18-9-12-20(13-10-18)31-16-25(29)27-22-15-19(11-14-23(22)30-3)26-28-21-7-5-6-8-24(21)32-26/h5-15,17H,4,16H2,1-3H3,(H,27,29). The van der Waals surface area contributed by atoms with E-state index in [1.54, 1.807) is 19.2 Å². The van der Waals surface area contributed by atoms with Crippen molar-refractivity contribution in [3.05, 3.63) is 72.3 Å². The summed E-state index contributed by atoms with van der Waals surface area (Å²) in [6.07, 6.45) is 1.08. The van der Waals surface area contributed by atoms with Crippen molar-refractivity contribution in [3.8, 4) is 23.0 Å². The van der Waals surface area contributed by atoms with Crippen LogP contribution in [0.15, 0.2) is 71.1 Å². The number of carbonyl (C=O) groups is 1. The first kappa shape index (κ1) is 21.4. The van der Waals surface area contributed by atoms with Gasteiger partial charge in [-0.1, -0.05) is 38.1 Å². The summed E-state index contributed by atoms with van der Waals surface area (Å²) in [5, 5.41) is 2.86. The van der Waals surface area contributed by atoms with Crippen LogP contribution in [0.25, 0.3) is 22.6 Å². The first-order valence-electron chi connectivity index (χ1n) is 10.6. The number of para-hydroxylation sites is 2. The lowest BCUT2D eigenvalue weighted by molar-refractivity contribution is -0.118. The van der Waals surface area contributed by atoms with Gasteiger partial charge >= 0.3 is 0 Å². The summed E-state index contributed by atoms with van der Waals surface area (Å²) in [6.45, 7) is 4.23. The zero-order valence-corrected chi connectivity index (χ0v) is 18.4. The van der Waals surface area contributed by atoms with Gasteiger partial charge in [0.2, 0.25) is 5.89 Å². The average Bonchev–Trinajstić information content (AvgIpc) is 3.27. The number of nitrogens with one attached hydrogen (secondary N) is 1. The van der Waals surface area contributed by atoms with Crippen LogP contribution in [0, 0.1) is 0 Å². The third-order valence-electron chi connectivity index (χ3n) is 5.45. The monoisotopic (exact) mass is 430 g/mol. The van der Waals surface area contributed by atoms with Crippen molar-refractivity contribution in [3.63, 3.8) is 0 Å². The van der Waals surface area contributed by atoms with E-state index in [4.69, 9.17) is 13.9 Å².